The van der Waals surface area contributed by atoms with E-state index in [0.29, 0.717) is 17.2 Å². The number of hydrogen-bond acceptors (Lipinski definition) is 4. The van der Waals surface area contributed by atoms with E-state index in [1.54, 1.807) is 12.1 Å². The van der Waals surface area contributed by atoms with Gasteiger partial charge in [0.05, 0.1) is 4.90 Å². The topological polar surface area (TPSA) is 63.7 Å². The standard InChI is InChI=1S/C17H18ClNO4S/c1-3-13-6-4-5-7-16(13)23-17(20)12-19(2)24(21,22)15-10-8-14(18)9-11-15/h4-11H,3,12H2,1-2H3. The first kappa shape index (κ1) is 18.4. The molecule has 128 valence electrons. The number of carbonyl (C=O) groups is 1. The van der Waals surface area contributed by atoms with Crippen molar-refractivity contribution in [2.45, 2.75) is 18.2 Å². The van der Waals surface area contributed by atoms with Gasteiger partial charge in [0, 0.05) is 12.1 Å². The largest absolute Gasteiger partial charge is 0.425 e. The van der Waals surface area contributed by atoms with Gasteiger partial charge in [0.15, 0.2) is 0 Å². The lowest BCUT2D eigenvalue weighted by molar-refractivity contribution is -0.134. The summed E-state index contributed by atoms with van der Waals surface area (Å²) in [5.74, 6) is -0.196. The molecule has 0 atom stereocenters. The molecule has 0 fully saturated rings. The second-order valence-electron chi connectivity index (χ2n) is 5.15. The summed E-state index contributed by atoms with van der Waals surface area (Å²) in [7, 11) is -2.45. The zero-order valence-corrected chi connectivity index (χ0v) is 15.0. The number of likely N-dealkylation sites (N-methyl/N-ethyl adjacent to an activating group) is 1. The summed E-state index contributed by atoms with van der Waals surface area (Å²) in [5.41, 5.74) is 0.883. The first-order valence-electron chi connectivity index (χ1n) is 7.35. The second kappa shape index (κ2) is 7.79. The molecule has 0 aliphatic rings. The van der Waals surface area contributed by atoms with Gasteiger partial charge in [-0.3, -0.25) is 4.79 Å². The van der Waals surface area contributed by atoms with Gasteiger partial charge in [0.25, 0.3) is 0 Å². The molecule has 0 unspecified atom stereocenters. The molecule has 0 amide bonds. The van der Waals surface area contributed by atoms with Crippen LogP contribution in [0.3, 0.4) is 0 Å². The van der Waals surface area contributed by atoms with Gasteiger partial charge >= 0.3 is 5.97 Å². The Balaban J connectivity index is 2.09. The van der Waals surface area contributed by atoms with Gasteiger partial charge in [0.2, 0.25) is 10.0 Å². The van der Waals surface area contributed by atoms with Crippen molar-refractivity contribution in [1.29, 1.82) is 0 Å². The molecule has 0 saturated carbocycles. The van der Waals surface area contributed by atoms with Crippen LogP contribution in [0.2, 0.25) is 5.02 Å². The minimum absolute atomic E-state index is 0.0659. The highest BCUT2D eigenvalue weighted by atomic mass is 35.5. The molecule has 5 nitrogen and oxygen atoms in total. The number of aryl methyl sites for hydroxylation is 1. The predicted octanol–water partition coefficient (Wildman–Crippen LogP) is 3.13. The third-order valence-electron chi connectivity index (χ3n) is 3.45. The van der Waals surface area contributed by atoms with Crippen LogP contribution in [0.5, 0.6) is 5.75 Å². The molecular weight excluding hydrogens is 350 g/mol. The number of hydrogen-bond donors (Lipinski definition) is 0. The van der Waals surface area contributed by atoms with Crippen molar-refractivity contribution < 1.29 is 17.9 Å². The molecule has 0 aliphatic carbocycles. The van der Waals surface area contributed by atoms with Crippen molar-refractivity contribution in [3.05, 3.63) is 59.1 Å². The van der Waals surface area contributed by atoms with Crippen molar-refractivity contribution in [1.82, 2.24) is 4.31 Å². The molecule has 2 rings (SSSR count). The van der Waals surface area contributed by atoms with Crippen LogP contribution >= 0.6 is 11.6 Å². The van der Waals surface area contributed by atoms with Gasteiger partial charge < -0.3 is 4.74 Å². The molecule has 0 bridgehead atoms. The van der Waals surface area contributed by atoms with Crippen LogP contribution in [0.15, 0.2) is 53.4 Å². The van der Waals surface area contributed by atoms with Gasteiger partial charge in [-0.25, -0.2) is 8.42 Å². The summed E-state index contributed by atoms with van der Waals surface area (Å²) in [6.45, 7) is 1.56. The van der Waals surface area contributed by atoms with E-state index in [9.17, 15) is 13.2 Å². The first-order valence-corrected chi connectivity index (χ1v) is 9.17. The Labute approximate surface area is 146 Å². The monoisotopic (exact) mass is 367 g/mol. The van der Waals surface area contributed by atoms with E-state index in [1.165, 1.54) is 31.3 Å². The maximum Gasteiger partial charge on any atom is 0.326 e. The molecule has 0 radical (unpaired) electrons. The molecule has 0 heterocycles. The Morgan fingerprint density at radius 2 is 1.75 bits per heavy atom. The summed E-state index contributed by atoms with van der Waals surface area (Å²) in [5, 5.41) is 0.437. The minimum atomic E-state index is -3.78. The molecule has 24 heavy (non-hydrogen) atoms. The number of ether oxygens (including phenoxy) is 1. The van der Waals surface area contributed by atoms with E-state index in [4.69, 9.17) is 16.3 Å². The van der Waals surface area contributed by atoms with Gasteiger partial charge in [-0.2, -0.15) is 4.31 Å². The van der Waals surface area contributed by atoms with Gasteiger partial charge in [0.1, 0.15) is 12.3 Å². The zero-order valence-electron chi connectivity index (χ0n) is 13.4. The first-order chi connectivity index (χ1) is 11.3. The molecule has 0 aliphatic heterocycles. The van der Waals surface area contributed by atoms with Gasteiger partial charge in [-0.1, -0.05) is 36.7 Å². The van der Waals surface area contributed by atoms with Crippen LogP contribution in [-0.2, 0) is 21.2 Å². The van der Waals surface area contributed by atoms with E-state index in [1.807, 2.05) is 19.1 Å². The Morgan fingerprint density at radius 1 is 1.12 bits per heavy atom. The zero-order chi connectivity index (χ0) is 17.7. The van der Waals surface area contributed by atoms with Crippen molar-refractivity contribution in [3.63, 3.8) is 0 Å². The van der Waals surface area contributed by atoms with Crippen molar-refractivity contribution >= 4 is 27.6 Å². The summed E-state index contributed by atoms with van der Waals surface area (Å²) in [6.07, 6.45) is 0.711. The highest BCUT2D eigenvalue weighted by molar-refractivity contribution is 7.89. The van der Waals surface area contributed by atoms with Crippen molar-refractivity contribution in [2.24, 2.45) is 0 Å². The number of rotatable bonds is 6. The van der Waals surface area contributed by atoms with E-state index >= 15 is 0 Å². The average Bonchev–Trinajstić information content (AvgIpc) is 2.55. The van der Waals surface area contributed by atoms with Crippen LogP contribution in [0.4, 0.5) is 0 Å². The average molecular weight is 368 g/mol. The Bertz CT molecular complexity index is 819. The fourth-order valence-corrected chi connectivity index (χ4v) is 3.34. The number of carbonyl (C=O) groups excluding carboxylic acids is 1. The van der Waals surface area contributed by atoms with Crippen molar-refractivity contribution in [2.75, 3.05) is 13.6 Å². The van der Waals surface area contributed by atoms with E-state index in [2.05, 4.69) is 0 Å². The maximum atomic E-state index is 12.4. The quantitative estimate of drug-likeness (QED) is 0.581. The molecule has 0 aromatic heterocycles. The molecule has 2 aromatic carbocycles. The lowest BCUT2D eigenvalue weighted by Crippen LogP contribution is -2.34. The number of nitrogens with zero attached hydrogens (tertiary/aromatic N) is 1. The molecule has 0 N–H and O–H groups in total. The molecule has 7 heteroatoms. The fraction of sp³-hybridized carbons (Fsp3) is 0.235. The minimum Gasteiger partial charge on any atom is -0.425 e. The predicted molar refractivity (Wildman–Crippen MR) is 92.7 cm³/mol. The second-order valence-corrected chi connectivity index (χ2v) is 7.63. The number of halogens is 1. The van der Waals surface area contributed by atoms with Crippen molar-refractivity contribution in [3.8, 4) is 5.75 Å². The Kier molecular flexibility index (Phi) is 5.99. The molecule has 0 spiro atoms. The third-order valence-corrected chi connectivity index (χ3v) is 5.52. The number of sulfonamides is 1. The van der Waals surface area contributed by atoms with E-state index < -0.39 is 16.0 Å². The molecular formula is C17H18ClNO4S. The van der Waals surface area contributed by atoms with Gasteiger partial charge in [-0.05, 0) is 42.3 Å². The lowest BCUT2D eigenvalue weighted by atomic mass is 10.1. The highest BCUT2D eigenvalue weighted by Crippen LogP contribution is 2.20. The summed E-state index contributed by atoms with van der Waals surface area (Å²) >= 11 is 5.76. The lowest BCUT2D eigenvalue weighted by Gasteiger charge is -2.17. The SMILES string of the molecule is CCc1ccccc1OC(=O)CN(C)S(=O)(=O)c1ccc(Cl)cc1. The number of benzene rings is 2. The third kappa shape index (κ3) is 4.35. The molecule has 2 aromatic rings. The maximum absolute atomic E-state index is 12.4. The normalized spacial score (nSPS) is 11.5. The summed E-state index contributed by atoms with van der Waals surface area (Å²) in [4.78, 5) is 12.1. The van der Waals surface area contributed by atoms with Crippen LogP contribution in [0.25, 0.3) is 0 Å². The summed E-state index contributed by atoms with van der Waals surface area (Å²) in [6, 6.07) is 12.9. The van der Waals surface area contributed by atoms with Crippen LogP contribution in [0.1, 0.15) is 12.5 Å². The van der Waals surface area contributed by atoms with E-state index in [0.717, 1.165) is 9.87 Å². The summed E-state index contributed by atoms with van der Waals surface area (Å²) < 4.78 is 31.1. The Morgan fingerprint density at radius 3 is 2.38 bits per heavy atom. The highest BCUT2D eigenvalue weighted by Gasteiger charge is 2.24. The van der Waals surface area contributed by atoms with Crippen LogP contribution < -0.4 is 4.74 Å². The fourth-order valence-electron chi connectivity index (χ4n) is 2.10. The van der Waals surface area contributed by atoms with E-state index in [-0.39, 0.29) is 11.4 Å². The Hall–Kier alpha value is -1.89. The number of esters is 1. The van der Waals surface area contributed by atoms with Gasteiger partial charge in [-0.15, -0.1) is 0 Å². The number of para-hydroxylation sites is 1. The van der Waals surface area contributed by atoms with Crippen LogP contribution in [0, 0.1) is 0 Å². The van der Waals surface area contributed by atoms with Crippen LogP contribution in [-0.4, -0.2) is 32.3 Å². The molecule has 0 saturated heterocycles. The smallest absolute Gasteiger partial charge is 0.326 e.